The van der Waals surface area contributed by atoms with Gasteiger partial charge in [0.15, 0.2) is 0 Å². The predicted molar refractivity (Wildman–Crippen MR) is 72.1 cm³/mol. The molecular formula is C14H27F3N2. The van der Waals surface area contributed by atoms with E-state index in [9.17, 15) is 13.2 Å². The predicted octanol–water partition coefficient (Wildman–Crippen LogP) is 3.28. The third kappa shape index (κ3) is 5.69. The van der Waals surface area contributed by atoms with Crippen molar-refractivity contribution in [2.75, 3.05) is 26.7 Å². The second kappa shape index (κ2) is 7.48. The van der Waals surface area contributed by atoms with Crippen molar-refractivity contribution in [3.63, 3.8) is 0 Å². The second-order valence-corrected chi connectivity index (χ2v) is 5.69. The molecule has 0 aliphatic heterocycles. The molecule has 3 atom stereocenters. The van der Waals surface area contributed by atoms with Gasteiger partial charge in [0.2, 0.25) is 0 Å². The van der Waals surface area contributed by atoms with Gasteiger partial charge in [-0.3, -0.25) is 4.90 Å². The first-order valence-corrected chi connectivity index (χ1v) is 7.35. The van der Waals surface area contributed by atoms with Gasteiger partial charge in [0.1, 0.15) is 0 Å². The summed E-state index contributed by atoms with van der Waals surface area (Å²) >= 11 is 0. The third-order valence-corrected chi connectivity index (χ3v) is 4.38. The molecule has 0 spiro atoms. The highest BCUT2D eigenvalue weighted by atomic mass is 19.4. The van der Waals surface area contributed by atoms with E-state index in [1.54, 1.807) is 6.92 Å². The Bertz CT molecular complexity index is 256. The van der Waals surface area contributed by atoms with Crippen molar-refractivity contribution < 1.29 is 13.2 Å². The zero-order valence-electron chi connectivity index (χ0n) is 12.3. The van der Waals surface area contributed by atoms with E-state index in [1.165, 1.54) is 11.3 Å². The Hall–Kier alpha value is -0.290. The minimum Gasteiger partial charge on any atom is -0.317 e. The molecule has 114 valence electrons. The number of rotatable bonds is 6. The Morgan fingerprint density at radius 2 is 1.89 bits per heavy atom. The van der Waals surface area contributed by atoms with Crippen LogP contribution < -0.4 is 5.32 Å². The maximum atomic E-state index is 12.5. The van der Waals surface area contributed by atoms with Gasteiger partial charge in [0, 0.05) is 12.6 Å². The Morgan fingerprint density at radius 3 is 2.37 bits per heavy atom. The van der Waals surface area contributed by atoms with Crippen molar-refractivity contribution in [3.8, 4) is 0 Å². The highest BCUT2D eigenvalue weighted by molar-refractivity contribution is 4.85. The van der Waals surface area contributed by atoms with Gasteiger partial charge in [-0.15, -0.1) is 0 Å². The lowest BCUT2D eigenvalue weighted by molar-refractivity contribution is -0.147. The first-order valence-electron chi connectivity index (χ1n) is 7.35. The Morgan fingerprint density at radius 1 is 1.21 bits per heavy atom. The summed E-state index contributed by atoms with van der Waals surface area (Å²) in [6.45, 7) is 4.21. The van der Waals surface area contributed by atoms with Crippen LogP contribution in [0.15, 0.2) is 0 Å². The minimum atomic E-state index is -4.09. The van der Waals surface area contributed by atoms with Crippen molar-refractivity contribution in [1.82, 2.24) is 10.2 Å². The molecule has 0 aromatic heterocycles. The monoisotopic (exact) mass is 280 g/mol. The summed E-state index contributed by atoms with van der Waals surface area (Å²) in [5.41, 5.74) is 0. The summed E-state index contributed by atoms with van der Waals surface area (Å²) in [5, 5.41) is 3.28. The van der Waals surface area contributed by atoms with Crippen LogP contribution in [0.5, 0.6) is 0 Å². The largest absolute Gasteiger partial charge is 0.401 e. The summed E-state index contributed by atoms with van der Waals surface area (Å²) < 4.78 is 37.5. The fraction of sp³-hybridized carbons (Fsp3) is 1.00. The van der Waals surface area contributed by atoms with Crippen molar-refractivity contribution >= 4 is 0 Å². The van der Waals surface area contributed by atoms with Crippen molar-refractivity contribution in [1.29, 1.82) is 0 Å². The molecule has 0 radical (unpaired) electrons. The molecule has 1 aliphatic carbocycles. The van der Waals surface area contributed by atoms with Crippen molar-refractivity contribution in [3.05, 3.63) is 0 Å². The van der Waals surface area contributed by atoms with E-state index < -0.39 is 12.7 Å². The van der Waals surface area contributed by atoms with Crippen LogP contribution in [0.1, 0.15) is 39.5 Å². The first kappa shape index (κ1) is 16.8. The van der Waals surface area contributed by atoms with Crippen LogP contribution in [0.25, 0.3) is 0 Å². The number of hydrogen-bond acceptors (Lipinski definition) is 2. The molecule has 1 N–H and O–H groups in total. The number of nitrogens with one attached hydrogen (secondary N) is 1. The molecular weight excluding hydrogens is 253 g/mol. The summed E-state index contributed by atoms with van der Waals surface area (Å²) in [5.74, 6) is 1.02. The Kier molecular flexibility index (Phi) is 6.60. The zero-order chi connectivity index (χ0) is 14.5. The molecule has 0 amide bonds. The molecule has 0 bridgehead atoms. The van der Waals surface area contributed by atoms with Crippen molar-refractivity contribution in [2.45, 2.75) is 51.7 Å². The Balaban J connectivity index is 2.58. The molecule has 3 unspecified atom stereocenters. The number of nitrogens with zero attached hydrogens (tertiary/aromatic N) is 1. The topological polar surface area (TPSA) is 15.3 Å². The molecule has 1 rings (SSSR count). The van der Waals surface area contributed by atoms with Crippen LogP contribution >= 0.6 is 0 Å². The van der Waals surface area contributed by atoms with E-state index in [-0.39, 0.29) is 0 Å². The van der Waals surface area contributed by atoms with Gasteiger partial charge >= 0.3 is 6.18 Å². The summed E-state index contributed by atoms with van der Waals surface area (Å²) in [7, 11) is 1.92. The number of hydrogen-bond donors (Lipinski definition) is 1. The van der Waals surface area contributed by atoms with Gasteiger partial charge in [0.05, 0.1) is 6.54 Å². The molecule has 1 fully saturated rings. The van der Waals surface area contributed by atoms with E-state index in [0.29, 0.717) is 31.0 Å². The van der Waals surface area contributed by atoms with Gasteiger partial charge in [-0.25, -0.2) is 0 Å². The standard InChI is InChI=1S/C14H27F3N2/c1-4-11-6-7-13(18-3)12(8-11)9-19(5-2)10-14(15,16)17/h11-13,18H,4-10H2,1-3H3. The number of halogens is 3. The lowest BCUT2D eigenvalue weighted by Gasteiger charge is -2.38. The summed E-state index contributed by atoms with van der Waals surface area (Å²) in [4.78, 5) is 1.53. The van der Waals surface area contributed by atoms with Crippen molar-refractivity contribution in [2.24, 2.45) is 11.8 Å². The SMILES string of the molecule is CCC1CCC(NC)C(CN(CC)CC(F)(F)F)C1. The maximum Gasteiger partial charge on any atom is 0.401 e. The third-order valence-electron chi connectivity index (χ3n) is 4.38. The van der Waals surface area contributed by atoms with E-state index in [2.05, 4.69) is 12.2 Å². The van der Waals surface area contributed by atoms with Crippen LogP contribution in [0.2, 0.25) is 0 Å². The molecule has 0 aromatic carbocycles. The Labute approximate surface area is 114 Å². The molecule has 2 nitrogen and oxygen atoms in total. The quantitative estimate of drug-likeness (QED) is 0.803. The van der Waals surface area contributed by atoms with Crippen LogP contribution in [0.3, 0.4) is 0 Å². The molecule has 0 saturated heterocycles. The van der Waals surface area contributed by atoms with E-state index in [4.69, 9.17) is 0 Å². The average Bonchev–Trinajstić information content (AvgIpc) is 2.36. The summed E-state index contributed by atoms with van der Waals surface area (Å²) in [6, 6.07) is 0.366. The molecule has 19 heavy (non-hydrogen) atoms. The smallest absolute Gasteiger partial charge is 0.317 e. The van der Waals surface area contributed by atoms with E-state index in [0.717, 1.165) is 19.3 Å². The average molecular weight is 280 g/mol. The molecule has 1 aliphatic rings. The van der Waals surface area contributed by atoms with Gasteiger partial charge in [-0.2, -0.15) is 13.2 Å². The van der Waals surface area contributed by atoms with Gasteiger partial charge < -0.3 is 5.32 Å². The molecule has 0 heterocycles. The highest BCUT2D eigenvalue weighted by Crippen LogP contribution is 2.32. The van der Waals surface area contributed by atoms with Crippen LogP contribution in [-0.4, -0.2) is 43.8 Å². The lowest BCUT2D eigenvalue weighted by atomic mass is 9.76. The van der Waals surface area contributed by atoms with Crippen LogP contribution in [0.4, 0.5) is 13.2 Å². The zero-order valence-corrected chi connectivity index (χ0v) is 12.3. The van der Waals surface area contributed by atoms with Gasteiger partial charge in [-0.1, -0.05) is 20.3 Å². The first-order chi connectivity index (χ1) is 8.89. The highest BCUT2D eigenvalue weighted by Gasteiger charge is 2.34. The number of alkyl halides is 3. The van der Waals surface area contributed by atoms with Gasteiger partial charge in [-0.05, 0) is 44.7 Å². The van der Waals surface area contributed by atoms with Gasteiger partial charge in [0.25, 0.3) is 0 Å². The van der Waals surface area contributed by atoms with E-state index in [1.807, 2.05) is 7.05 Å². The van der Waals surface area contributed by atoms with E-state index >= 15 is 0 Å². The minimum absolute atomic E-state index is 0.339. The summed E-state index contributed by atoms with van der Waals surface area (Å²) in [6.07, 6.45) is 0.381. The molecule has 5 heteroatoms. The fourth-order valence-corrected chi connectivity index (χ4v) is 3.20. The maximum absolute atomic E-state index is 12.5. The molecule has 1 saturated carbocycles. The fourth-order valence-electron chi connectivity index (χ4n) is 3.20. The van der Waals surface area contributed by atoms with Crippen LogP contribution in [0, 0.1) is 11.8 Å². The lowest BCUT2D eigenvalue weighted by Crippen LogP contribution is -2.46. The van der Waals surface area contributed by atoms with Crippen LogP contribution in [-0.2, 0) is 0 Å². The normalized spacial score (nSPS) is 28.9. The molecule has 0 aromatic rings. The second-order valence-electron chi connectivity index (χ2n) is 5.69.